The molecule has 1 aromatic rings. The molecule has 4 heteroatoms. The van der Waals surface area contributed by atoms with E-state index < -0.39 is 0 Å². The number of piperidine rings is 1. The lowest BCUT2D eigenvalue weighted by Crippen LogP contribution is -2.41. The topological polar surface area (TPSA) is 28.2 Å². The third-order valence-electron chi connectivity index (χ3n) is 3.03. The summed E-state index contributed by atoms with van der Waals surface area (Å²) < 4.78 is 1.03. The summed E-state index contributed by atoms with van der Waals surface area (Å²) in [5.41, 5.74) is 1.11. The van der Waals surface area contributed by atoms with E-state index in [9.17, 15) is 0 Å². The number of likely N-dealkylation sites (tertiary alicyclic amines) is 1. The highest BCUT2D eigenvalue weighted by Crippen LogP contribution is 2.18. The summed E-state index contributed by atoms with van der Waals surface area (Å²) in [5.74, 6) is 0. The van der Waals surface area contributed by atoms with E-state index in [1.807, 2.05) is 12.4 Å². The Morgan fingerprint density at radius 1 is 1.56 bits per heavy atom. The molecule has 1 aromatic heterocycles. The number of aromatic nitrogens is 1. The van der Waals surface area contributed by atoms with E-state index in [4.69, 9.17) is 0 Å². The van der Waals surface area contributed by atoms with Gasteiger partial charge in [-0.2, -0.15) is 0 Å². The number of anilines is 1. The number of halogens is 1. The highest BCUT2D eigenvalue weighted by molar-refractivity contribution is 9.10. The summed E-state index contributed by atoms with van der Waals surface area (Å²) in [4.78, 5) is 6.66. The lowest BCUT2D eigenvalue weighted by molar-refractivity contribution is 0.227. The van der Waals surface area contributed by atoms with Gasteiger partial charge in [0.2, 0.25) is 0 Å². The molecule has 88 valence electrons. The molecule has 0 aliphatic carbocycles. The molecule has 2 rings (SSSR count). The molecule has 0 amide bonds. The van der Waals surface area contributed by atoms with Crippen molar-refractivity contribution in [2.75, 3.05) is 25.0 Å². The van der Waals surface area contributed by atoms with Crippen LogP contribution in [0.15, 0.2) is 22.9 Å². The number of nitrogens with zero attached hydrogens (tertiary/aromatic N) is 2. The fourth-order valence-electron chi connectivity index (χ4n) is 2.19. The second-order valence-electron chi connectivity index (χ2n) is 4.27. The first-order valence-corrected chi connectivity index (χ1v) is 6.66. The SMILES string of the molecule is CCN1CCC[C@H](Nc2cncc(Br)c2)C1. The number of hydrogen-bond donors (Lipinski definition) is 1. The zero-order valence-corrected chi connectivity index (χ0v) is 11.2. The van der Waals surface area contributed by atoms with Crippen LogP contribution in [0, 0.1) is 0 Å². The van der Waals surface area contributed by atoms with Crippen LogP contribution in [-0.4, -0.2) is 35.6 Å². The van der Waals surface area contributed by atoms with Crippen molar-refractivity contribution >= 4 is 21.6 Å². The summed E-state index contributed by atoms with van der Waals surface area (Å²) in [6.07, 6.45) is 6.23. The van der Waals surface area contributed by atoms with Crippen LogP contribution in [0.1, 0.15) is 19.8 Å². The van der Waals surface area contributed by atoms with E-state index in [1.54, 1.807) is 0 Å². The first-order chi connectivity index (χ1) is 7.78. The van der Waals surface area contributed by atoms with Gasteiger partial charge in [0, 0.05) is 23.3 Å². The zero-order valence-electron chi connectivity index (χ0n) is 9.62. The standard InChI is InChI=1S/C12H18BrN3/c1-2-16-5-3-4-11(9-16)15-12-6-10(13)7-14-8-12/h6-8,11,15H,2-5,9H2,1H3/t11-/m0/s1. The van der Waals surface area contributed by atoms with Crippen molar-refractivity contribution in [3.05, 3.63) is 22.9 Å². The second-order valence-corrected chi connectivity index (χ2v) is 5.18. The minimum absolute atomic E-state index is 0.560. The fourth-order valence-corrected chi connectivity index (χ4v) is 2.55. The molecule has 0 bridgehead atoms. The van der Waals surface area contributed by atoms with Gasteiger partial charge in [-0.15, -0.1) is 0 Å². The van der Waals surface area contributed by atoms with Crippen LogP contribution in [-0.2, 0) is 0 Å². The van der Waals surface area contributed by atoms with Crippen LogP contribution in [0.3, 0.4) is 0 Å². The monoisotopic (exact) mass is 283 g/mol. The predicted octanol–water partition coefficient (Wildman–Crippen LogP) is 2.74. The normalized spacial score (nSPS) is 22.0. The Kier molecular flexibility index (Phi) is 4.18. The van der Waals surface area contributed by atoms with E-state index in [0.29, 0.717) is 6.04 Å². The molecular formula is C12H18BrN3. The number of hydrogen-bond acceptors (Lipinski definition) is 3. The Hall–Kier alpha value is -0.610. The second kappa shape index (κ2) is 5.64. The Balaban J connectivity index is 1.94. The molecule has 3 nitrogen and oxygen atoms in total. The predicted molar refractivity (Wildman–Crippen MR) is 70.7 cm³/mol. The Morgan fingerprint density at radius 2 is 2.44 bits per heavy atom. The van der Waals surface area contributed by atoms with Crippen molar-refractivity contribution in [2.45, 2.75) is 25.8 Å². The lowest BCUT2D eigenvalue weighted by atomic mass is 10.1. The molecule has 2 heterocycles. The van der Waals surface area contributed by atoms with Crippen molar-refractivity contribution in [1.29, 1.82) is 0 Å². The maximum Gasteiger partial charge on any atom is 0.0540 e. The van der Waals surface area contributed by atoms with Gasteiger partial charge in [-0.1, -0.05) is 6.92 Å². The summed E-state index contributed by atoms with van der Waals surface area (Å²) in [6.45, 7) is 5.76. The molecule has 1 aliphatic heterocycles. The van der Waals surface area contributed by atoms with E-state index in [2.05, 4.69) is 44.1 Å². The Morgan fingerprint density at radius 3 is 3.19 bits per heavy atom. The first-order valence-electron chi connectivity index (χ1n) is 5.87. The average molecular weight is 284 g/mol. The molecule has 0 aromatic carbocycles. The largest absolute Gasteiger partial charge is 0.380 e. The maximum absolute atomic E-state index is 4.17. The molecule has 1 fully saturated rings. The van der Waals surface area contributed by atoms with Crippen LogP contribution >= 0.6 is 15.9 Å². The van der Waals surface area contributed by atoms with Crippen LogP contribution in [0.5, 0.6) is 0 Å². The zero-order chi connectivity index (χ0) is 11.4. The van der Waals surface area contributed by atoms with E-state index in [1.165, 1.54) is 19.4 Å². The summed E-state index contributed by atoms with van der Waals surface area (Å²) >= 11 is 3.44. The van der Waals surface area contributed by atoms with Crippen molar-refractivity contribution in [3.63, 3.8) is 0 Å². The van der Waals surface area contributed by atoms with Gasteiger partial charge in [0.25, 0.3) is 0 Å². The number of pyridine rings is 1. The van der Waals surface area contributed by atoms with Gasteiger partial charge in [-0.3, -0.25) is 4.98 Å². The van der Waals surface area contributed by atoms with Crippen LogP contribution in [0.4, 0.5) is 5.69 Å². The molecule has 0 unspecified atom stereocenters. The molecule has 16 heavy (non-hydrogen) atoms. The van der Waals surface area contributed by atoms with Crippen LogP contribution < -0.4 is 5.32 Å². The van der Waals surface area contributed by atoms with Gasteiger partial charge in [-0.25, -0.2) is 0 Å². The number of nitrogens with one attached hydrogen (secondary N) is 1. The fraction of sp³-hybridized carbons (Fsp3) is 0.583. The smallest absolute Gasteiger partial charge is 0.0540 e. The van der Waals surface area contributed by atoms with Gasteiger partial charge in [0.15, 0.2) is 0 Å². The van der Waals surface area contributed by atoms with Crippen molar-refractivity contribution in [1.82, 2.24) is 9.88 Å². The third kappa shape index (κ3) is 3.19. The molecular weight excluding hydrogens is 266 g/mol. The minimum Gasteiger partial charge on any atom is -0.380 e. The molecule has 0 spiro atoms. The van der Waals surface area contributed by atoms with Crippen LogP contribution in [0.25, 0.3) is 0 Å². The van der Waals surface area contributed by atoms with Crippen molar-refractivity contribution in [3.8, 4) is 0 Å². The van der Waals surface area contributed by atoms with E-state index >= 15 is 0 Å². The van der Waals surface area contributed by atoms with Gasteiger partial charge in [0.05, 0.1) is 11.9 Å². The molecule has 0 saturated carbocycles. The molecule has 1 aliphatic rings. The van der Waals surface area contributed by atoms with Gasteiger partial charge in [0.1, 0.15) is 0 Å². The van der Waals surface area contributed by atoms with Gasteiger partial charge < -0.3 is 10.2 Å². The molecule has 1 N–H and O–H groups in total. The van der Waals surface area contributed by atoms with Crippen LogP contribution in [0.2, 0.25) is 0 Å². The van der Waals surface area contributed by atoms with E-state index in [0.717, 1.165) is 23.2 Å². The highest BCUT2D eigenvalue weighted by Gasteiger charge is 2.18. The third-order valence-corrected chi connectivity index (χ3v) is 3.46. The van der Waals surface area contributed by atoms with Crippen molar-refractivity contribution in [2.24, 2.45) is 0 Å². The molecule has 1 saturated heterocycles. The van der Waals surface area contributed by atoms with Gasteiger partial charge >= 0.3 is 0 Å². The van der Waals surface area contributed by atoms with Gasteiger partial charge in [-0.05, 0) is 47.9 Å². The highest BCUT2D eigenvalue weighted by atomic mass is 79.9. The average Bonchev–Trinajstić information content (AvgIpc) is 2.29. The summed E-state index contributed by atoms with van der Waals surface area (Å²) in [5, 5.41) is 3.55. The first kappa shape index (κ1) is 11.9. The quantitative estimate of drug-likeness (QED) is 0.925. The summed E-state index contributed by atoms with van der Waals surface area (Å²) in [7, 11) is 0. The minimum atomic E-state index is 0.560. The van der Waals surface area contributed by atoms with E-state index in [-0.39, 0.29) is 0 Å². The maximum atomic E-state index is 4.17. The number of rotatable bonds is 3. The Labute approximate surface area is 105 Å². The lowest BCUT2D eigenvalue weighted by Gasteiger charge is -2.32. The molecule has 0 radical (unpaired) electrons. The summed E-state index contributed by atoms with van der Waals surface area (Å²) in [6, 6.07) is 2.64. The number of likely N-dealkylation sites (N-methyl/N-ethyl adjacent to an activating group) is 1. The Bertz CT molecular complexity index is 343. The van der Waals surface area contributed by atoms with Crippen molar-refractivity contribution < 1.29 is 0 Å². The molecule has 1 atom stereocenters.